The highest BCUT2D eigenvalue weighted by Crippen LogP contribution is 2.18. The Kier molecular flexibility index (Phi) is 7.84. The van der Waals surface area contributed by atoms with Gasteiger partial charge in [0.2, 0.25) is 0 Å². The van der Waals surface area contributed by atoms with Crippen molar-refractivity contribution < 1.29 is 19.0 Å². The van der Waals surface area contributed by atoms with E-state index in [0.29, 0.717) is 52.0 Å². The SMILES string of the molecule is CC(C)CN(CC1C=CC2=C(N1)OCCOC2)C(=O)C1CN(Cc2ccccc2)CCO1. The highest BCUT2D eigenvalue weighted by molar-refractivity contribution is 5.81. The first-order valence-electron chi connectivity index (χ1n) is 11.6. The number of rotatable bonds is 7. The molecule has 174 valence electrons. The fraction of sp³-hybridized carbons (Fsp3) is 0.560. The Morgan fingerprint density at radius 3 is 2.88 bits per heavy atom. The van der Waals surface area contributed by atoms with Crippen LogP contribution in [0.2, 0.25) is 0 Å². The predicted molar refractivity (Wildman–Crippen MR) is 123 cm³/mol. The molecule has 1 amide bonds. The Morgan fingerprint density at radius 1 is 1.22 bits per heavy atom. The summed E-state index contributed by atoms with van der Waals surface area (Å²) < 4.78 is 17.3. The van der Waals surface area contributed by atoms with Crippen LogP contribution in [0, 0.1) is 5.92 Å². The molecule has 0 aromatic heterocycles. The number of benzene rings is 1. The standard InChI is InChI=1S/C25H35N3O4/c1-19(2)14-28(16-22-9-8-21-18-30-12-13-32-24(21)26-22)25(29)23-17-27(10-11-31-23)15-20-6-4-3-5-7-20/h3-9,19,22-23,26H,10-18H2,1-2H3. The fourth-order valence-electron chi connectivity index (χ4n) is 4.33. The Morgan fingerprint density at radius 2 is 2.06 bits per heavy atom. The zero-order chi connectivity index (χ0) is 22.3. The van der Waals surface area contributed by atoms with E-state index in [2.05, 4.69) is 60.5 Å². The van der Waals surface area contributed by atoms with E-state index in [1.54, 1.807) is 0 Å². The number of carbonyl (C=O) groups is 1. The van der Waals surface area contributed by atoms with Crippen LogP contribution >= 0.6 is 0 Å². The van der Waals surface area contributed by atoms with Crippen LogP contribution in [-0.4, -0.2) is 80.5 Å². The molecule has 0 saturated carbocycles. The lowest BCUT2D eigenvalue weighted by Gasteiger charge is -2.37. The van der Waals surface area contributed by atoms with E-state index in [0.717, 1.165) is 24.5 Å². The van der Waals surface area contributed by atoms with Gasteiger partial charge in [-0.1, -0.05) is 56.3 Å². The van der Waals surface area contributed by atoms with Crippen molar-refractivity contribution in [1.29, 1.82) is 0 Å². The first kappa shape index (κ1) is 22.8. The third kappa shape index (κ3) is 6.12. The van der Waals surface area contributed by atoms with Gasteiger partial charge in [0.1, 0.15) is 12.7 Å². The predicted octanol–water partition coefficient (Wildman–Crippen LogP) is 2.16. The van der Waals surface area contributed by atoms with Gasteiger partial charge in [0, 0.05) is 38.3 Å². The molecule has 7 heteroatoms. The van der Waals surface area contributed by atoms with Crippen molar-refractivity contribution in [3.8, 4) is 0 Å². The second-order valence-corrected chi connectivity index (χ2v) is 9.08. The molecule has 3 heterocycles. The zero-order valence-electron chi connectivity index (χ0n) is 19.2. The van der Waals surface area contributed by atoms with E-state index in [1.807, 2.05) is 11.0 Å². The largest absolute Gasteiger partial charge is 0.476 e. The number of hydrogen-bond donors (Lipinski definition) is 1. The number of ether oxygens (including phenoxy) is 3. The van der Waals surface area contributed by atoms with E-state index < -0.39 is 6.10 Å². The average Bonchev–Trinajstić information content (AvgIpc) is 3.04. The van der Waals surface area contributed by atoms with Gasteiger partial charge in [0.05, 0.1) is 25.9 Å². The molecular formula is C25H35N3O4. The third-order valence-electron chi connectivity index (χ3n) is 5.86. The van der Waals surface area contributed by atoms with Crippen LogP contribution in [0.15, 0.2) is 53.9 Å². The molecule has 4 rings (SSSR count). The number of carbonyl (C=O) groups excluding carboxylic acids is 1. The summed E-state index contributed by atoms with van der Waals surface area (Å²) in [6, 6.07) is 10.4. The van der Waals surface area contributed by atoms with E-state index >= 15 is 0 Å². The summed E-state index contributed by atoms with van der Waals surface area (Å²) in [5.74, 6) is 1.21. The van der Waals surface area contributed by atoms with Gasteiger partial charge in [0.25, 0.3) is 5.91 Å². The summed E-state index contributed by atoms with van der Waals surface area (Å²) in [4.78, 5) is 17.8. The van der Waals surface area contributed by atoms with Crippen molar-refractivity contribution >= 4 is 5.91 Å². The van der Waals surface area contributed by atoms with E-state index in [9.17, 15) is 4.79 Å². The minimum atomic E-state index is -0.434. The Balaban J connectivity index is 1.38. The summed E-state index contributed by atoms with van der Waals surface area (Å²) in [6.45, 7) is 10.1. The van der Waals surface area contributed by atoms with Gasteiger partial charge in [-0.15, -0.1) is 0 Å². The lowest BCUT2D eigenvalue weighted by molar-refractivity contribution is -0.150. The van der Waals surface area contributed by atoms with Gasteiger partial charge in [0.15, 0.2) is 5.88 Å². The molecule has 2 unspecified atom stereocenters. The number of amides is 1. The fourth-order valence-corrected chi connectivity index (χ4v) is 4.33. The van der Waals surface area contributed by atoms with Crippen molar-refractivity contribution in [2.24, 2.45) is 5.92 Å². The van der Waals surface area contributed by atoms with Gasteiger partial charge < -0.3 is 24.4 Å². The second-order valence-electron chi connectivity index (χ2n) is 9.08. The molecule has 32 heavy (non-hydrogen) atoms. The van der Waals surface area contributed by atoms with Crippen molar-refractivity contribution in [2.45, 2.75) is 32.5 Å². The van der Waals surface area contributed by atoms with Crippen LogP contribution in [-0.2, 0) is 25.5 Å². The summed E-state index contributed by atoms with van der Waals surface area (Å²) in [6.07, 6.45) is 3.72. The van der Waals surface area contributed by atoms with E-state index in [4.69, 9.17) is 14.2 Å². The van der Waals surface area contributed by atoms with Crippen LogP contribution < -0.4 is 5.32 Å². The molecule has 3 aliphatic heterocycles. The molecule has 2 atom stereocenters. The average molecular weight is 442 g/mol. The molecule has 0 radical (unpaired) electrons. The molecule has 1 fully saturated rings. The quantitative estimate of drug-likeness (QED) is 0.700. The number of hydrogen-bond acceptors (Lipinski definition) is 6. The van der Waals surface area contributed by atoms with Crippen LogP contribution in [0.1, 0.15) is 19.4 Å². The lowest BCUT2D eigenvalue weighted by Crippen LogP contribution is -2.54. The molecule has 7 nitrogen and oxygen atoms in total. The van der Waals surface area contributed by atoms with Gasteiger partial charge in [-0.25, -0.2) is 0 Å². The summed E-state index contributed by atoms with van der Waals surface area (Å²) >= 11 is 0. The summed E-state index contributed by atoms with van der Waals surface area (Å²) in [5, 5.41) is 3.44. The van der Waals surface area contributed by atoms with Crippen LogP contribution in [0.25, 0.3) is 0 Å². The van der Waals surface area contributed by atoms with Crippen molar-refractivity contribution in [2.75, 3.05) is 52.6 Å². The van der Waals surface area contributed by atoms with E-state index in [-0.39, 0.29) is 11.9 Å². The number of nitrogens with one attached hydrogen (secondary N) is 1. The third-order valence-corrected chi connectivity index (χ3v) is 5.86. The normalized spacial score (nSPS) is 23.8. The molecule has 1 aromatic carbocycles. The highest BCUT2D eigenvalue weighted by atomic mass is 16.5. The van der Waals surface area contributed by atoms with Gasteiger partial charge >= 0.3 is 0 Å². The molecule has 0 spiro atoms. The highest BCUT2D eigenvalue weighted by Gasteiger charge is 2.32. The van der Waals surface area contributed by atoms with Crippen molar-refractivity contribution in [1.82, 2.24) is 15.1 Å². The van der Waals surface area contributed by atoms with Gasteiger partial charge in [-0.05, 0) is 11.5 Å². The molecule has 0 bridgehead atoms. The van der Waals surface area contributed by atoms with Crippen LogP contribution in [0.5, 0.6) is 0 Å². The Labute approximate surface area is 191 Å². The maximum atomic E-state index is 13.5. The van der Waals surface area contributed by atoms with Gasteiger partial charge in [-0.3, -0.25) is 9.69 Å². The van der Waals surface area contributed by atoms with Crippen molar-refractivity contribution in [3.63, 3.8) is 0 Å². The minimum absolute atomic E-state index is 0.00133. The molecule has 1 aromatic rings. The molecule has 1 saturated heterocycles. The zero-order valence-corrected chi connectivity index (χ0v) is 19.2. The molecule has 0 aliphatic carbocycles. The van der Waals surface area contributed by atoms with E-state index in [1.165, 1.54) is 5.56 Å². The van der Waals surface area contributed by atoms with Gasteiger partial charge in [-0.2, -0.15) is 0 Å². The minimum Gasteiger partial charge on any atom is -0.476 e. The first-order valence-corrected chi connectivity index (χ1v) is 11.6. The maximum absolute atomic E-state index is 13.5. The van der Waals surface area contributed by atoms with Crippen LogP contribution in [0.4, 0.5) is 0 Å². The van der Waals surface area contributed by atoms with Crippen molar-refractivity contribution in [3.05, 3.63) is 59.5 Å². The lowest BCUT2D eigenvalue weighted by atomic mass is 10.1. The maximum Gasteiger partial charge on any atom is 0.253 e. The number of dihydropyridines is 1. The smallest absolute Gasteiger partial charge is 0.253 e. The summed E-state index contributed by atoms with van der Waals surface area (Å²) in [7, 11) is 0. The Hall–Kier alpha value is -2.35. The topological polar surface area (TPSA) is 63.3 Å². The number of morpholine rings is 1. The molecule has 1 N–H and O–H groups in total. The monoisotopic (exact) mass is 441 g/mol. The Bertz CT molecular complexity index is 824. The van der Waals surface area contributed by atoms with Crippen LogP contribution in [0.3, 0.4) is 0 Å². The molecule has 3 aliphatic rings. The second kappa shape index (κ2) is 11.0. The molecular weight excluding hydrogens is 406 g/mol. The first-order chi connectivity index (χ1) is 15.6. The summed E-state index contributed by atoms with van der Waals surface area (Å²) in [5.41, 5.74) is 2.28. The number of nitrogens with zero attached hydrogens (tertiary/aromatic N) is 2.